The Morgan fingerprint density at radius 1 is 1.00 bits per heavy atom. The number of ether oxygens (including phenoxy) is 1. The number of carbonyl (C=O) groups is 1. The average molecular weight is 443 g/mol. The van der Waals surface area contributed by atoms with Gasteiger partial charge in [-0.3, -0.25) is 15.1 Å². The van der Waals surface area contributed by atoms with E-state index in [9.17, 15) is 4.79 Å². The number of hydrazone groups is 1. The molecule has 5 rings (SSSR count). The standard InChI is InChI=1S/C25H22N4O2S/c1-2-31-19-14-12-18(13-15-19)23-26-21-11-7-6-10-20(21)22-24(30)27-25(28-29(22)23)32-16-17-8-4-3-5-9-17/h3-15,23H,2,16H2,1H3,(H,27,28,30)/t23-/m0/s1. The molecule has 3 aromatic rings. The van der Waals surface area contributed by atoms with Gasteiger partial charge in [0.15, 0.2) is 11.3 Å². The highest BCUT2D eigenvalue weighted by molar-refractivity contribution is 8.13. The Balaban J connectivity index is 1.54. The third-order valence-electron chi connectivity index (χ3n) is 5.22. The minimum Gasteiger partial charge on any atom is -0.494 e. The number of nitrogens with zero attached hydrogens (tertiary/aromatic N) is 3. The summed E-state index contributed by atoms with van der Waals surface area (Å²) in [7, 11) is 0. The van der Waals surface area contributed by atoms with Gasteiger partial charge in [0.1, 0.15) is 11.4 Å². The number of carbonyl (C=O) groups excluding carboxylic acids is 1. The first kappa shape index (κ1) is 20.3. The summed E-state index contributed by atoms with van der Waals surface area (Å²) in [5, 5.41) is 11.6. The van der Waals surface area contributed by atoms with Gasteiger partial charge in [0.05, 0.1) is 12.0 Å². The number of amides is 1. The summed E-state index contributed by atoms with van der Waals surface area (Å²) in [6.07, 6.45) is -0.436. The summed E-state index contributed by atoms with van der Waals surface area (Å²) in [5.41, 5.74) is 2.62. The van der Waals surface area contributed by atoms with Gasteiger partial charge in [0.25, 0.3) is 5.91 Å². The Morgan fingerprint density at radius 2 is 1.75 bits per heavy atom. The van der Waals surface area contributed by atoms with Crippen molar-refractivity contribution in [3.05, 3.63) is 101 Å². The molecule has 2 aliphatic rings. The zero-order valence-electron chi connectivity index (χ0n) is 17.6. The van der Waals surface area contributed by atoms with Crippen LogP contribution in [0.5, 0.6) is 5.75 Å². The number of para-hydroxylation sites is 1. The molecule has 3 aromatic carbocycles. The van der Waals surface area contributed by atoms with Crippen molar-refractivity contribution in [3.8, 4) is 5.75 Å². The summed E-state index contributed by atoms with van der Waals surface area (Å²) in [4.78, 5) is 18.1. The van der Waals surface area contributed by atoms with Crippen LogP contribution in [-0.2, 0) is 10.5 Å². The third-order valence-corrected chi connectivity index (χ3v) is 6.16. The van der Waals surface area contributed by atoms with Gasteiger partial charge in [-0.05, 0) is 36.2 Å². The Labute approximate surface area is 190 Å². The molecule has 1 amide bonds. The summed E-state index contributed by atoms with van der Waals surface area (Å²) in [6, 6.07) is 25.6. The lowest BCUT2D eigenvalue weighted by Gasteiger charge is -2.34. The molecule has 160 valence electrons. The second-order valence-electron chi connectivity index (χ2n) is 7.35. The summed E-state index contributed by atoms with van der Waals surface area (Å²) >= 11 is 1.50. The molecule has 0 saturated heterocycles. The molecule has 0 aromatic heterocycles. The van der Waals surface area contributed by atoms with E-state index in [4.69, 9.17) is 14.8 Å². The van der Waals surface area contributed by atoms with Crippen molar-refractivity contribution < 1.29 is 9.53 Å². The molecule has 1 N–H and O–H groups in total. The van der Waals surface area contributed by atoms with Gasteiger partial charge in [-0.1, -0.05) is 72.4 Å². The first-order valence-corrected chi connectivity index (χ1v) is 11.5. The smallest absolute Gasteiger partial charge is 0.276 e. The van der Waals surface area contributed by atoms with Crippen LogP contribution >= 0.6 is 11.8 Å². The normalized spacial score (nSPS) is 17.0. The molecular formula is C25H22N4O2S. The Morgan fingerprint density at radius 3 is 2.53 bits per heavy atom. The molecule has 0 bridgehead atoms. The van der Waals surface area contributed by atoms with E-state index >= 15 is 0 Å². The number of hydrogen-bond acceptors (Lipinski definition) is 6. The first-order chi connectivity index (χ1) is 15.7. The Hall–Kier alpha value is -3.58. The van der Waals surface area contributed by atoms with Crippen LogP contribution in [0.4, 0.5) is 0 Å². The SMILES string of the molecule is CCOc1ccc([C@H]2N=c3ccccc3=C3C(=O)NC(SCc4ccccc4)=NN32)cc1. The molecule has 0 radical (unpaired) electrons. The maximum Gasteiger partial charge on any atom is 0.276 e. The van der Waals surface area contributed by atoms with Crippen molar-refractivity contribution >= 4 is 28.5 Å². The van der Waals surface area contributed by atoms with Crippen LogP contribution in [0.3, 0.4) is 0 Å². The molecule has 2 aliphatic heterocycles. The van der Waals surface area contributed by atoms with Gasteiger partial charge in [-0.2, -0.15) is 0 Å². The molecule has 7 heteroatoms. The van der Waals surface area contributed by atoms with Gasteiger partial charge < -0.3 is 4.74 Å². The van der Waals surface area contributed by atoms with E-state index < -0.39 is 6.17 Å². The number of nitrogens with one attached hydrogen (secondary N) is 1. The number of amidine groups is 1. The fourth-order valence-corrected chi connectivity index (χ4v) is 4.54. The second kappa shape index (κ2) is 8.88. The molecule has 0 fully saturated rings. The van der Waals surface area contributed by atoms with E-state index in [1.165, 1.54) is 17.3 Å². The minimum atomic E-state index is -0.436. The molecule has 0 aliphatic carbocycles. The van der Waals surface area contributed by atoms with E-state index in [0.717, 1.165) is 21.9 Å². The topological polar surface area (TPSA) is 66.3 Å². The molecule has 1 atom stereocenters. The lowest BCUT2D eigenvalue weighted by atomic mass is 10.1. The number of benzene rings is 3. The van der Waals surface area contributed by atoms with E-state index in [2.05, 4.69) is 17.4 Å². The zero-order valence-corrected chi connectivity index (χ0v) is 18.4. The summed E-state index contributed by atoms with van der Waals surface area (Å²) in [5.74, 6) is 1.34. The maximum atomic E-state index is 13.2. The number of thioether (sulfide) groups is 1. The van der Waals surface area contributed by atoms with Crippen LogP contribution < -0.4 is 20.6 Å². The monoisotopic (exact) mass is 442 g/mol. The van der Waals surface area contributed by atoms with Crippen LogP contribution in [0.15, 0.2) is 89.0 Å². The van der Waals surface area contributed by atoms with E-state index in [0.29, 0.717) is 23.2 Å². The van der Waals surface area contributed by atoms with Crippen LogP contribution in [0, 0.1) is 0 Å². The highest BCUT2D eigenvalue weighted by Gasteiger charge is 2.34. The van der Waals surface area contributed by atoms with Crippen LogP contribution in [0.1, 0.15) is 24.2 Å². The Bertz CT molecular complexity index is 1290. The van der Waals surface area contributed by atoms with Crippen LogP contribution in [0.2, 0.25) is 0 Å². The van der Waals surface area contributed by atoms with Gasteiger partial charge >= 0.3 is 0 Å². The van der Waals surface area contributed by atoms with Crippen molar-refractivity contribution in [1.29, 1.82) is 0 Å². The fraction of sp³-hybridized carbons (Fsp3) is 0.160. The minimum absolute atomic E-state index is 0.172. The fourth-order valence-electron chi connectivity index (χ4n) is 3.74. The molecule has 32 heavy (non-hydrogen) atoms. The molecule has 0 saturated carbocycles. The average Bonchev–Trinajstić information content (AvgIpc) is 2.83. The van der Waals surface area contributed by atoms with E-state index in [1.807, 2.05) is 73.7 Å². The number of fused-ring (bicyclic) bond motifs is 2. The molecule has 2 heterocycles. The van der Waals surface area contributed by atoms with Crippen molar-refractivity contribution in [1.82, 2.24) is 10.3 Å². The van der Waals surface area contributed by atoms with Gasteiger partial charge in [0, 0.05) is 11.0 Å². The van der Waals surface area contributed by atoms with Crippen molar-refractivity contribution in [2.45, 2.75) is 18.8 Å². The van der Waals surface area contributed by atoms with E-state index in [1.54, 1.807) is 5.01 Å². The molecule has 0 unspecified atom stereocenters. The zero-order chi connectivity index (χ0) is 21.9. The number of hydrogen-bond donors (Lipinski definition) is 1. The number of rotatable bonds is 5. The van der Waals surface area contributed by atoms with Crippen molar-refractivity contribution in [3.63, 3.8) is 0 Å². The molecule has 0 spiro atoms. The summed E-state index contributed by atoms with van der Waals surface area (Å²) < 4.78 is 5.57. The largest absolute Gasteiger partial charge is 0.494 e. The highest BCUT2D eigenvalue weighted by atomic mass is 32.2. The lowest BCUT2D eigenvalue weighted by molar-refractivity contribution is -0.116. The van der Waals surface area contributed by atoms with Gasteiger partial charge in [0.2, 0.25) is 0 Å². The predicted octanol–water partition coefficient (Wildman–Crippen LogP) is 3.16. The first-order valence-electron chi connectivity index (χ1n) is 10.5. The maximum absolute atomic E-state index is 13.2. The van der Waals surface area contributed by atoms with E-state index in [-0.39, 0.29) is 5.91 Å². The Kier molecular flexibility index (Phi) is 5.64. The second-order valence-corrected chi connectivity index (χ2v) is 8.31. The van der Waals surface area contributed by atoms with Crippen molar-refractivity contribution in [2.75, 3.05) is 6.61 Å². The summed E-state index contributed by atoms with van der Waals surface area (Å²) in [6.45, 7) is 2.56. The van der Waals surface area contributed by atoms with Crippen LogP contribution in [-0.4, -0.2) is 22.7 Å². The lowest BCUT2D eigenvalue weighted by Crippen LogP contribution is -2.50. The molecular weight excluding hydrogens is 420 g/mol. The van der Waals surface area contributed by atoms with Crippen molar-refractivity contribution in [2.24, 2.45) is 10.1 Å². The quantitative estimate of drug-likeness (QED) is 0.659. The highest BCUT2D eigenvalue weighted by Crippen LogP contribution is 2.32. The third kappa shape index (κ3) is 3.99. The predicted molar refractivity (Wildman–Crippen MR) is 126 cm³/mol. The van der Waals surface area contributed by atoms with Crippen LogP contribution in [0.25, 0.3) is 5.70 Å². The van der Waals surface area contributed by atoms with Gasteiger partial charge in [-0.25, -0.2) is 5.01 Å². The molecule has 6 nitrogen and oxygen atoms in total. The van der Waals surface area contributed by atoms with Gasteiger partial charge in [-0.15, -0.1) is 5.10 Å².